The zero-order valence-corrected chi connectivity index (χ0v) is 11.7. The third-order valence-electron chi connectivity index (χ3n) is 2.98. The van der Waals surface area contributed by atoms with E-state index in [1.807, 2.05) is 20.8 Å². The van der Waals surface area contributed by atoms with Gasteiger partial charge < -0.3 is 10.4 Å². The molecule has 1 aromatic rings. The second-order valence-electron chi connectivity index (χ2n) is 4.98. The van der Waals surface area contributed by atoms with E-state index >= 15 is 0 Å². The summed E-state index contributed by atoms with van der Waals surface area (Å²) < 4.78 is 0. The van der Waals surface area contributed by atoms with E-state index in [4.69, 9.17) is 5.11 Å². The Labute approximate surface area is 113 Å². The van der Waals surface area contributed by atoms with Gasteiger partial charge in [-0.1, -0.05) is 13.8 Å². The van der Waals surface area contributed by atoms with Crippen molar-refractivity contribution in [2.75, 3.05) is 5.32 Å². The summed E-state index contributed by atoms with van der Waals surface area (Å²) in [5.41, 5.74) is 2.59. The molecule has 1 atom stereocenters. The number of nitriles is 1. The minimum Gasteiger partial charge on any atom is -0.481 e. The number of hydrogen-bond acceptors (Lipinski definition) is 4. The normalized spacial score (nSPS) is 12.0. The first-order chi connectivity index (χ1) is 8.85. The van der Waals surface area contributed by atoms with Crippen LogP contribution in [-0.4, -0.2) is 22.1 Å². The minimum absolute atomic E-state index is 0.0168. The fourth-order valence-corrected chi connectivity index (χ4v) is 1.92. The number of nitrogens with one attached hydrogen (secondary N) is 1. The zero-order valence-electron chi connectivity index (χ0n) is 11.7. The molecule has 0 amide bonds. The predicted octanol–water partition coefficient (Wildman–Crippen LogP) is 2.48. The van der Waals surface area contributed by atoms with Gasteiger partial charge in [0.25, 0.3) is 0 Å². The SMILES string of the molecule is Cc1cc(NC(CC(=O)O)C(C)C)c(C#N)c(C)n1. The Kier molecular flexibility index (Phi) is 4.87. The summed E-state index contributed by atoms with van der Waals surface area (Å²) in [5, 5.41) is 21.3. The summed E-state index contributed by atoms with van der Waals surface area (Å²) >= 11 is 0. The fraction of sp³-hybridized carbons (Fsp3) is 0.500. The topological polar surface area (TPSA) is 86.0 Å². The van der Waals surface area contributed by atoms with Crippen LogP contribution in [0.5, 0.6) is 0 Å². The summed E-state index contributed by atoms with van der Waals surface area (Å²) in [6, 6.07) is 3.68. The lowest BCUT2D eigenvalue weighted by Crippen LogP contribution is -2.29. The summed E-state index contributed by atoms with van der Waals surface area (Å²) in [6.07, 6.45) is 0.0168. The lowest BCUT2D eigenvalue weighted by molar-refractivity contribution is -0.137. The molecule has 1 unspecified atom stereocenters. The van der Waals surface area contributed by atoms with Crippen LogP contribution in [0.1, 0.15) is 37.2 Å². The van der Waals surface area contributed by atoms with E-state index in [1.165, 1.54) is 0 Å². The summed E-state index contributed by atoms with van der Waals surface area (Å²) in [7, 11) is 0. The molecule has 0 aromatic carbocycles. The number of hydrogen-bond donors (Lipinski definition) is 2. The van der Waals surface area contributed by atoms with E-state index in [9.17, 15) is 10.1 Å². The molecular weight excluding hydrogens is 242 g/mol. The summed E-state index contributed by atoms with van der Waals surface area (Å²) in [5.74, 6) is -0.705. The molecule has 0 bridgehead atoms. The van der Waals surface area contributed by atoms with Crippen molar-refractivity contribution >= 4 is 11.7 Å². The maximum atomic E-state index is 10.9. The Morgan fingerprint density at radius 3 is 2.63 bits per heavy atom. The van der Waals surface area contributed by atoms with Gasteiger partial charge in [-0.25, -0.2) is 0 Å². The number of pyridine rings is 1. The molecule has 0 radical (unpaired) electrons. The lowest BCUT2D eigenvalue weighted by Gasteiger charge is -2.23. The highest BCUT2D eigenvalue weighted by Crippen LogP contribution is 2.22. The van der Waals surface area contributed by atoms with Crippen LogP contribution in [0, 0.1) is 31.1 Å². The number of carbonyl (C=O) groups is 1. The highest BCUT2D eigenvalue weighted by atomic mass is 16.4. The van der Waals surface area contributed by atoms with Crippen LogP contribution in [0.25, 0.3) is 0 Å². The summed E-state index contributed by atoms with van der Waals surface area (Å²) in [6.45, 7) is 7.53. The first-order valence-electron chi connectivity index (χ1n) is 6.21. The second-order valence-corrected chi connectivity index (χ2v) is 4.98. The number of nitrogens with zero attached hydrogens (tertiary/aromatic N) is 2. The van der Waals surface area contributed by atoms with Crippen molar-refractivity contribution in [3.8, 4) is 6.07 Å². The molecule has 0 aliphatic heterocycles. The van der Waals surface area contributed by atoms with Gasteiger partial charge >= 0.3 is 5.97 Å². The van der Waals surface area contributed by atoms with Crippen LogP contribution in [0.15, 0.2) is 6.07 Å². The van der Waals surface area contributed by atoms with Gasteiger partial charge in [0.15, 0.2) is 0 Å². The van der Waals surface area contributed by atoms with Crippen molar-refractivity contribution in [1.82, 2.24) is 4.98 Å². The molecule has 1 rings (SSSR count). The molecule has 0 saturated heterocycles. The lowest BCUT2D eigenvalue weighted by atomic mass is 10.00. The van der Waals surface area contributed by atoms with Crippen LogP contribution in [0.2, 0.25) is 0 Å². The number of aryl methyl sites for hydroxylation is 2. The molecule has 0 spiro atoms. The average Bonchev–Trinajstić information content (AvgIpc) is 2.26. The predicted molar refractivity (Wildman–Crippen MR) is 72.9 cm³/mol. The van der Waals surface area contributed by atoms with Crippen molar-refractivity contribution in [3.05, 3.63) is 23.0 Å². The standard InChI is InChI=1S/C14H19N3O2/c1-8(2)12(6-14(18)19)17-13-5-9(3)16-10(4)11(13)7-15/h5,8,12H,6H2,1-4H3,(H,16,17)(H,18,19). The molecule has 1 heterocycles. The van der Waals surface area contributed by atoms with E-state index in [0.717, 1.165) is 5.69 Å². The molecule has 0 saturated carbocycles. The Morgan fingerprint density at radius 1 is 1.53 bits per heavy atom. The molecular formula is C14H19N3O2. The highest BCUT2D eigenvalue weighted by molar-refractivity contribution is 5.69. The van der Waals surface area contributed by atoms with Crippen molar-refractivity contribution < 1.29 is 9.90 Å². The quantitative estimate of drug-likeness (QED) is 0.850. The van der Waals surface area contributed by atoms with Crippen molar-refractivity contribution in [2.45, 2.75) is 40.2 Å². The van der Waals surface area contributed by atoms with Crippen LogP contribution < -0.4 is 5.32 Å². The number of aliphatic carboxylic acids is 1. The fourth-order valence-electron chi connectivity index (χ4n) is 1.92. The van der Waals surface area contributed by atoms with Crippen LogP contribution in [-0.2, 0) is 4.79 Å². The van der Waals surface area contributed by atoms with Crippen molar-refractivity contribution in [2.24, 2.45) is 5.92 Å². The Balaban J connectivity index is 3.09. The number of carboxylic acids is 1. The Bertz CT molecular complexity index is 518. The Morgan fingerprint density at radius 2 is 2.16 bits per heavy atom. The van der Waals surface area contributed by atoms with E-state index in [1.54, 1.807) is 13.0 Å². The molecule has 0 aliphatic rings. The van der Waals surface area contributed by atoms with Gasteiger partial charge in [0.1, 0.15) is 6.07 Å². The van der Waals surface area contributed by atoms with Gasteiger partial charge in [-0.15, -0.1) is 0 Å². The Hall–Kier alpha value is -2.09. The van der Waals surface area contributed by atoms with E-state index in [-0.39, 0.29) is 18.4 Å². The van der Waals surface area contributed by atoms with E-state index in [2.05, 4.69) is 16.4 Å². The molecule has 5 heteroatoms. The van der Waals surface area contributed by atoms with Crippen LogP contribution >= 0.6 is 0 Å². The van der Waals surface area contributed by atoms with Crippen molar-refractivity contribution in [3.63, 3.8) is 0 Å². The molecule has 0 fully saturated rings. The third-order valence-corrected chi connectivity index (χ3v) is 2.98. The van der Waals surface area contributed by atoms with Gasteiger partial charge in [0.05, 0.1) is 23.4 Å². The second kappa shape index (κ2) is 6.19. The largest absolute Gasteiger partial charge is 0.481 e. The van der Waals surface area contributed by atoms with Crippen molar-refractivity contribution in [1.29, 1.82) is 5.26 Å². The number of carboxylic acid groups (broad SMARTS) is 1. The molecule has 102 valence electrons. The van der Waals surface area contributed by atoms with Gasteiger partial charge in [-0.05, 0) is 25.8 Å². The molecule has 5 nitrogen and oxygen atoms in total. The minimum atomic E-state index is -0.854. The number of anilines is 1. The number of aromatic nitrogens is 1. The van der Waals surface area contributed by atoms with Gasteiger partial charge in [0, 0.05) is 11.7 Å². The van der Waals surface area contributed by atoms with Gasteiger partial charge in [0.2, 0.25) is 0 Å². The molecule has 0 aliphatic carbocycles. The zero-order chi connectivity index (χ0) is 14.6. The molecule has 1 aromatic heterocycles. The summed E-state index contributed by atoms with van der Waals surface area (Å²) in [4.78, 5) is 15.1. The monoisotopic (exact) mass is 261 g/mol. The first-order valence-corrected chi connectivity index (χ1v) is 6.21. The molecule has 2 N–H and O–H groups in total. The number of rotatable bonds is 5. The maximum absolute atomic E-state index is 10.9. The highest BCUT2D eigenvalue weighted by Gasteiger charge is 2.19. The maximum Gasteiger partial charge on any atom is 0.305 e. The molecule has 19 heavy (non-hydrogen) atoms. The van der Waals surface area contributed by atoms with Crippen LogP contribution in [0.4, 0.5) is 5.69 Å². The first kappa shape index (κ1) is 15.0. The van der Waals surface area contributed by atoms with E-state index in [0.29, 0.717) is 16.9 Å². The van der Waals surface area contributed by atoms with Gasteiger partial charge in [-0.3, -0.25) is 9.78 Å². The van der Waals surface area contributed by atoms with E-state index < -0.39 is 5.97 Å². The smallest absolute Gasteiger partial charge is 0.305 e. The van der Waals surface area contributed by atoms with Crippen LogP contribution in [0.3, 0.4) is 0 Å². The van der Waals surface area contributed by atoms with Gasteiger partial charge in [-0.2, -0.15) is 5.26 Å². The third kappa shape index (κ3) is 3.95. The average molecular weight is 261 g/mol.